The highest BCUT2D eigenvalue weighted by Crippen LogP contribution is 2.07. The molecule has 0 fully saturated rings. The minimum Gasteiger partial charge on any atom is -0.465 e. The van der Waals surface area contributed by atoms with Gasteiger partial charge in [0.05, 0.1) is 19.3 Å². The maximum atomic E-state index is 11.2. The van der Waals surface area contributed by atoms with Gasteiger partial charge in [0.2, 0.25) is 0 Å². The minimum atomic E-state index is -0.385. The lowest BCUT2D eigenvalue weighted by Gasteiger charge is -1.99. The molecule has 0 radical (unpaired) electrons. The fraction of sp³-hybridized carbons (Fsp3) is 0.231. The van der Waals surface area contributed by atoms with Crippen LogP contribution in [0.25, 0.3) is 6.08 Å². The Morgan fingerprint density at radius 2 is 1.88 bits per heavy atom. The third-order valence-electron chi connectivity index (χ3n) is 2.03. The second-order valence-electron chi connectivity index (χ2n) is 3.20. The largest absolute Gasteiger partial charge is 0.465 e. The number of benzene rings is 1. The van der Waals surface area contributed by atoms with Gasteiger partial charge in [-0.3, -0.25) is 0 Å². The predicted octanol–water partition coefficient (Wildman–Crippen LogP) is 2.05. The fourth-order valence-electron chi connectivity index (χ4n) is 1.20. The van der Waals surface area contributed by atoms with Gasteiger partial charge in [-0.15, -0.1) is 0 Å². The Kier molecular flexibility index (Phi) is 4.94. The third-order valence-corrected chi connectivity index (χ3v) is 2.03. The molecule has 0 amide bonds. The topological polar surface area (TPSA) is 52.6 Å². The van der Waals surface area contributed by atoms with Crippen molar-refractivity contribution in [1.29, 1.82) is 0 Å². The van der Waals surface area contributed by atoms with Crippen molar-refractivity contribution < 1.29 is 19.1 Å². The molecular weight excluding hydrogens is 220 g/mol. The minimum absolute atomic E-state index is 0.352. The SMILES string of the molecule is CCOC(=O)/C=C/c1ccc(C(=O)OC)cc1. The van der Waals surface area contributed by atoms with Crippen LogP contribution in [0.5, 0.6) is 0 Å². The zero-order valence-corrected chi connectivity index (χ0v) is 9.80. The Morgan fingerprint density at radius 1 is 1.24 bits per heavy atom. The summed E-state index contributed by atoms with van der Waals surface area (Å²) in [7, 11) is 1.33. The lowest BCUT2D eigenvalue weighted by molar-refractivity contribution is -0.137. The molecule has 17 heavy (non-hydrogen) atoms. The third kappa shape index (κ3) is 4.10. The Bertz CT molecular complexity index is 418. The molecule has 1 rings (SSSR count). The van der Waals surface area contributed by atoms with E-state index in [9.17, 15) is 9.59 Å². The summed E-state index contributed by atoms with van der Waals surface area (Å²) in [5.41, 5.74) is 1.28. The van der Waals surface area contributed by atoms with Crippen molar-refractivity contribution in [2.24, 2.45) is 0 Å². The summed E-state index contributed by atoms with van der Waals surface area (Å²) in [6.07, 6.45) is 2.97. The monoisotopic (exact) mass is 234 g/mol. The molecule has 0 saturated heterocycles. The smallest absolute Gasteiger partial charge is 0.337 e. The van der Waals surface area contributed by atoms with Crippen LogP contribution in [0.1, 0.15) is 22.8 Å². The van der Waals surface area contributed by atoms with Crippen LogP contribution in [0.3, 0.4) is 0 Å². The van der Waals surface area contributed by atoms with Crippen LogP contribution in [0.15, 0.2) is 30.3 Å². The molecular formula is C13H14O4. The van der Waals surface area contributed by atoms with Crippen LogP contribution in [-0.2, 0) is 14.3 Å². The molecule has 1 aromatic carbocycles. The number of esters is 2. The van der Waals surface area contributed by atoms with Crippen LogP contribution in [0.4, 0.5) is 0 Å². The van der Waals surface area contributed by atoms with Gasteiger partial charge in [0, 0.05) is 6.08 Å². The maximum absolute atomic E-state index is 11.2. The Balaban J connectivity index is 2.68. The Morgan fingerprint density at radius 3 is 2.41 bits per heavy atom. The van der Waals surface area contributed by atoms with Gasteiger partial charge in [-0.05, 0) is 30.7 Å². The lowest BCUT2D eigenvalue weighted by Crippen LogP contribution is -2.00. The molecule has 0 spiro atoms. The number of carbonyl (C=O) groups is 2. The van der Waals surface area contributed by atoms with Gasteiger partial charge in [0.15, 0.2) is 0 Å². The number of methoxy groups -OCH3 is 1. The molecule has 0 saturated carbocycles. The molecule has 1 aromatic rings. The molecule has 0 N–H and O–H groups in total. The van der Waals surface area contributed by atoms with E-state index < -0.39 is 0 Å². The van der Waals surface area contributed by atoms with E-state index >= 15 is 0 Å². The van der Waals surface area contributed by atoms with Crippen molar-refractivity contribution in [2.75, 3.05) is 13.7 Å². The highest BCUT2D eigenvalue weighted by atomic mass is 16.5. The summed E-state index contributed by atoms with van der Waals surface area (Å²) in [4.78, 5) is 22.2. The average molecular weight is 234 g/mol. The van der Waals surface area contributed by atoms with Crippen molar-refractivity contribution in [1.82, 2.24) is 0 Å². The zero-order valence-electron chi connectivity index (χ0n) is 9.80. The molecule has 4 nitrogen and oxygen atoms in total. The first-order chi connectivity index (χ1) is 8.17. The molecule has 0 aliphatic rings. The summed E-state index contributed by atoms with van der Waals surface area (Å²) in [6.45, 7) is 2.10. The van der Waals surface area contributed by atoms with E-state index in [-0.39, 0.29) is 11.9 Å². The van der Waals surface area contributed by atoms with E-state index in [1.165, 1.54) is 13.2 Å². The molecule has 0 unspecified atom stereocenters. The van der Waals surface area contributed by atoms with E-state index in [1.54, 1.807) is 37.3 Å². The van der Waals surface area contributed by atoms with E-state index in [0.717, 1.165) is 5.56 Å². The zero-order chi connectivity index (χ0) is 12.7. The molecule has 0 atom stereocenters. The number of carbonyl (C=O) groups excluding carboxylic acids is 2. The van der Waals surface area contributed by atoms with Gasteiger partial charge in [-0.1, -0.05) is 12.1 Å². The quantitative estimate of drug-likeness (QED) is 0.591. The van der Waals surface area contributed by atoms with Crippen LogP contribution in [0, 0.1) is 0 Å². The normalized spacial score (nSPS) is 10.2. The summed E-state index contributed by atoms with van der Waals surface area (Å²) in [5.74, 6) is -0.768. The van der Waals surface area contributed by atoms with Crippen molar-refractivity contribution >= 4 is 18.0 Å². The van der Waals surface area contributed by atoms with Crippen LogP contribution in [0.2, 0.25) is 0 Å². The van der Waals surface area contributed by atoms with Crippen LogP contribution < -0.4 is 0 Å². The fourth-order valence-corrected chi connectivity index (χ4v) is 1.20. The van der Waals surface area contributed by atoms with E-state index in [2.05, 4.69) is 4.74 Å². The van der Waals surface area contributed by atoms with Crippen LogP contribution in [-0.4, -0.2) is 25.7 Å². The molecule has 90 valence electrons. The lowest BCUT2D eigenvalue weighted by atomic mass is 10.1. The van der Waals surface area contributed by atoms with Crippen molar-refractivity contribution in [3.8, 4) is 0 Å². The molecule has 0 aliphatic heterocycles. The standard InChI is InChI=1S/C13H14O4/c1-3-17-12(14)9-6-10-4-7-11(8-5-10)13(15)16-2/h4-9H,3H2,1-2H3/b9-6+. The van der Waals surface area contributed by atoms with Gasteiger partial charge in [0.25, 0.3) is 0 Å². The molecule has 4 heteroatoms. The first-order valence-corrected chi connectivity index (χ1v) is 5.20. The second kappa shape index (κ2) is 6.48. The highest BCUT2D eigenvalue weighted by molar-refractivity contribution is 5.90. The van der Waals surface area contributed by atoms with E-state index in [4.69, 9.17) is 4.74 Å². The molecule has 0 bridgehead atoms. The average Bonchev–Trinajstić information content (AvgIpc) is 2.36. The molecule has 0 heterocycles. The van der Waals surface area contributed by atoms with Gasteiger partial charge < -0.3 is 9.47 Å². The maximum Gasteiger partial charge on any atom is 0.337 e. The van der Waals surface area contributed by atoms with Crippen molar-refractivity contribution in [3.63, 3.8) is 0 Å². The number of ether oxygens (including phenoxy) is 2. The number of rotatable bonds is 4. The first kappa shape index (κ1) is 13.0. The first-order valence-electron chi connectivity index (χ1n) is 5.20. The summed E-state index contributed by atoms with van der Waals surface area (Å²) in [6, 6.07) is 6.72. The summed E-state index contributed by atoms with van der Waals surface area (Å²) in [5, 5.41) is 0. The van der Waals surface area contributed by atoms with Gasteiger partial charge in [0.1, 0.15) is 0 Å². The number of hydrogen-bond donors (Lipinski definition) is 0. The Labute approximate surface area is 99.8 Å². The summed E-state index contributed by atoms with van der Waals surface area (Å²) >= 11 is 0. The highest BCUT2D eigenvalue weighted by Gasteiger charge is 2.03. The van der Waals surface area contributed by atoms with E-state index in [1.807, 2.05) is 0 Å². The molecule has 0 aliphatic carbocycles. The van der Waals surface area contributed by atoms with Crippen molar-refractivity contribution in [3.05, 3.63) is 41.5 Å². The predicted molar refractivity (Wildman–Crippen MR) is 63.4 cm³/mol. The summed E-state index contributed by atoms with van der Waals surface area (Å²) < 4.78 is 9.32. The van der Waals surface area contributed by atoms with Gasteiger partial charge >= 0.3 is 11.9 Å². The second-order valence-corrected chi connectivity index (χ2v) is 3.20. The van der Waals surface area contributed by atoms with Crippen molar-refractivity contribution in [2.45, 2.75) is 6.92 Å². The van der Waals surface area contributed by atoms with Crippen LogP contribution >= 0.6 is 0 Å². The van der Waals surface area contributed by atoms with E-state index in [0.29, 0.717) is 12.2 Å². The van der Waals surface area contributed by atoms with Gasteiger partial charge in [-0.25, -0.2) is 9.59 Å². The van der Waals surface area contributed by atoms with Gasteiger partial charge in [-0.2, -0.15) is 0 Å². The number of hydrogen-bond acceptors (Lipinski definition) is 4. The Hall–Kier alpha value is -2.10. The molecule has 0 aromatic heterocycles.